The normalized spacial score (nSPS) is 11.1. The predicted molar refractivity (Wildman–Crippen MR) is 140 cm³/mol. The summed E-state index contributed by atoms with van der Waals surface area (Å²) in [6, 6.07) is 15.9. The molecule has 0 atom stereocenters. The van der Waals surface area contributed by atoms with Gasteiger partial charge in [-0.15, -0.1) is 0 Å². The zero-order valence-corrected chi connectivity index (χ0v) is 22.4. The van der Waals surface area contributed by atoms with Crippen molar-refractivity contribution in [3.05, 3.63) is 59.7 Å². The third-order valence-corrected chi connectivity index (χ3v) is 7.51. The maximum Gasteiger partial charge on any atom is 0.343 e. The Kier molecular flexibility index (Phi) is 14.3. The van der Waals surface area contributed by atoms with Crippen molar-refractivity contribution in [3.8, 4) is 11.5 Å². The number of esters is 1. The molecule has 0 N–H and O–H groups in total. The van der Waals surface area contributed by atoms with E-state index in [9.17, 15) is 4.79 Å². The van der Waals surface area contributed by atoms with E-state index in [1.807, 2.05) is 36.4 Å². The van der Waals surface area contributed by atoms with Crippen LogP contribution in [0.5, 0.6) is 11.5 Å². The number of carbonyl (C=O) groups excluding carboxylic acids is 1. The highest BCUT2D eigenvalue weighted by atomic mass is 28.3. The van der Waals surface area contributed by atoms with Gasteiger partial charge < -0.3 is 18.3 Å². The third-order valence-electron chi connectivity index (χ3n) is 5.41. The molecule has 0 radical (unpaired) electrons. The molecule has 0 bridgehead atoms. The second-order valence-electron chi connectivity index (χ2n) is 8.53. The minimum atomic E-state index is -1.60. The monoisotopic (exact) mass is 486 g/mol. The fourth-order valence-electron chi connectivity index (χ4n) is 3.49. The van der Waals surface area contributed by atoms with Gasteiger partial charge in [-0.2, -0.15) is 0 Å². The first-order valence-corrected chi connectivity index (χ1v) is 14.7. The first-order valence-electron chi connectivity index (χ1n) is 12.9. The molecule has 188 valence electrons. The Morgan fingerprint density at radius 1 is 0.706 bits per heavy atom. The highest BCUT2D eigenvalue weighted by Crippen LogP contribution is 2.18. The lowest BCUT2D eigenvalue weighted by atomic mass is 10.1. The molecule has 5 nitrogen and oxygen atoms in total. The number of aryl methyl sites for hydroxylation is 1. The number of hydrogen-bond donors (Lipinski definition) is 0. The summed E-state index contributed by atoms with van der Waals surface area (Å²) < 4.78 is 23.1. The second-order valence-corrected chi connectivity index (χ2v) is 10.6. The summed E-state index contributed by atoms with van der Waals surface area (Å²) in [7, 11) is -1.60. The van der Waals surface area contributed by atoms with Crippen LogP contribution in [0.2, 0.25) is 6.04 Å². The molecule has 0 aliphatic carbocycles. The topological polar surface area (TPSA) is 54.0 Å². The zero-order valence-electron chi connectivity index (χ0n) is 21.2. The van der Waals surface area contributed by atoms with Crippen molar-refractivity contribution in [2.24, 2.45) is 0 Å². The summed E-state index contributed by atoms with van der Waals surface area (Å²) in [5.41, 5.74) is 1.78. The molecule has 0 saturated heterocycles. The Labute approximate surface area is 207 Å². The third kappa shape index (κ3) is 11.3. The standard InChI is InChI=1S/C28H42O5Si/c1-4-7-8-9-11-24-12-16-27(17-13-24)33-28(29)25-14-18-26(19-15-25)30-22-10-23-34(31-20-5-2)32-21-6-3/h12-19,34H,4-11,20-23H2,1-3H3. The van der Waals surface area contributed by atoms with E-state index in [2.05, 4.69) is 20.8 Å². The fourth-order valence-corrected chi connectivity index (χ4v) is 5.41. The average molecular weight is 487 g/mol. The number of hydrogen-bond acceptors (Lipinski definition) is 5. The van der Waals surface area contributed by atoms with Crippen LogP contribution in [0.25, 0.3) is 0 Å². The van der Waals surface area contributed by atoms with E-state index in [0.29, 0.717) is 17.9 Å². The van der Waals surface area contributed by atoms with Crippen LogP contribution in [-0.2, 0) is 15.3 Å². The van der Waals surface area contributed by atoms with E-state index >= 15 is 0 Å². The van der Waals surface area contributed by atoms with E-state index in [4.69, 9.17) is 18.3 Å². The van der Waals surface area contributed by atoms with Gasteiger partial charge in [-0.3, -0.25) is 0 Å². The van der Waals surface area contributed by atoms with E-state index in [1.165, 1.54) is 31.2 Å². The number of ether oxygens (including phenoxy) is 2. The van der Waals surface area contributed by atoms with Crippen LogP contribution < -0.4 is 9.47 Å². The van der Waals surface area contributed by atoms with Crippen molar-refractivity contribution in [1.29, 1.82) is 0 Å². The lowest BCUT2D eigenvalue weighted by Crippen LogP contribution is -2.24. The van der Waals surface area contributed by atoms with E-state index in [-0.39, 0.29) is 5.97 Å². The number of benzene rings is 2. The average Bonchev–Trinajstić information content (AvgIpc) is 2.87. The summed E-state index contributed by atoms with van der Waals surface area (Å²) in [5, 5.41) is 0. The van der Waals surface area contributed by atoms with Gasteiger partial charge in [0.05, 0.1) is 12.2 Å². The molecule has 6 heteroatoms. The maximum atomic E-state index is 12.5. The molecule has 34 heavy (non-hydrogen) atoms. The van der Waals surface area contributed by atoms with E-state index in [1.54, 1.807) is 12.1 Å². The zero-order chi connectivity index (χ0) is 24.4. The van der Waals surface area contributed by atoms with Crippen LogP contribution in [-0.4, -0.2) is 35.1 Å². The summed E-state index contributed by atoms with van der Waals surface area (Å²) >= 11 is 0. The minimum absolute atomic E-state index is 0.364. The highest BCUT2D eigenvalue weighted by Gasteiger charge is 2.13. The molecule has 0 saturated carbocycles. The van der Waals surface area contributed by atoms with E-state index < -0.39 is 9.28 Å². The molecule has 0 unspecified atom stereocenters. The molecule has 0 aliphatic rings. The van der Waals surface area contributed by atoms with Crippen LogP contribution in [0.3, 0.4) is 0 Å². The molecule has 0 fully saturated rings. The van der Waals surface area contributed by atoms with Crippen molar-refractivity contribution in [3.63, 3.8) is 0 Å². The molecule has 0 spiro atoms. The molecule has 0 aromatic heterocycles. The van der Waals surface area contributed by atoms with Crippen molar-refractivity contribution in [2.45, 2.75) is 78.2 Å². The molecular weight excluding hydrogens is 444 g/mol. The maximum absolute atomic E-state index is 12.5. The Hall–Kier alpha value is -2.15. The Morgan fingerprint density at radius 2 is 1.35 bits per heavy atom. The van der Waals surface area contributed by atoms with Crippen molar-refractivity contribution < 1.29 is 23.1 Å². The van der Waals surface area contributed by atoms with Gasteiger partial charge in [0.2, 0.25) is 0 Å². The molecule has 0 aliphatic heterocycles. The molecule has 0 amide bonds. The van der Waals surface area contributed by atoms with Crippen molar-refractivity contribution >= 4 is 15.3 Å². The van der Waals surface area contributed by atoms with Gasteiger partial charge >= 0.3 is 15.3 Å². The summed E-state index contributed by atoms with van der Waals surface area (Å²) in [5.74, 6) is 0.945. The largest absolute Gasteiger partial charge is 0.494 e. The lowest BCUT2D eigenvalue weighted by molar-refractivity contribution is 0.0734. The van der Waals surface area contributed by atoms with Gasteiger partial charge in [0.25, 0.3) is 0 Å². The van der Waals surface area contributed by atoms with Crippen molar-refractivity contribution in [1.82, 2.24) is 0 Å². The van der Waals surface area contributed by atoms with Gasteiger partial charge in [-0.05, 0) is 80.1 Å². The van der Waals surface area contributed by atoms with Crippen LogP contribution >= 0.6 is 0 Å². The van der Waals surface area contributed by atoms with Gasteiger partial charge in [-0.1, -0.05) is 52.2 Å². The second kappa shape index (κ2) is 17.3. The van der Waals surface area contributed by atoms with Gasteiger partial charge in [0.15, 0.2) is 0 Å². The molecule has 2 aromatic rings. The molecule has 2 rings (SSSR count). The minimum Gasteiger partial charge on any atom is -0.494 e. The van der Waals surface area contributed by atoms with Crippen LogP contribution in [0, 0.1) is 0 Å². The lowest BCUT2D eigenvalue weighted by Gasteiger charge is -2.16. The summed E-state index contributed by atoms with van der Waals surface area (Å²) in [6.07, 6.45) is 8.96. The van der Waals surface area contributed by atoms with E-state index in [0.717, 1.165) is 50.7 Å². The van der Waals surface area contributed by atoms with Gasteiger partial charge in [0.1, 0.15) is 11.5 Å². The Morgan fingerprint density at radius 3 is 1.97 bits per heavy atom. The van der Waals surface area contributed by atoms with Crippen LogP contribution in [0.15, 0.2) is 48.5 Å². The quantitative estimate of drug-likeness (QED) is 0.0996. The molecule has 2 aromatic carbocycles. The number of unbranched alkanes of at least 4 members (excludes halogenated alkanes) is 3. The molecular formula is C28H42O5Si. The van der Waals surface area contributed by atoms with Crippen LogP contribution in [0.4, 0.5) is 0 Å². The van der Waals surface area contributed by atoms with Crippen LogP contribution in [0.1, 0.15) is 81.6 Å². The van der Waals surface area contributed by atoms with Gasteiger partial charge in [-0.25, -0.2) is 4.79 Å². The smallest absolute Gasteiger partial charge is 0.343 e. The van der Waals surface area contributed by atoms with Crippen molar-refractivity contribution in [2.75, 3.05) is 19.8 Å². The molecule has 0 heterocycles. The highest BCUT2D eigenvalue weighted by molar-refractivity contribution is 6.44. The summed E-state index contributed by atoms with van der Waals surface area (Å²) in [4.78, 5) is 12.5. The Balaban J connectivity index is 1.73. The fraction of sp³-hybridized carbons (Fsp3) is 0.536. The predicted octanol–water partition coefficient (Wildman–Crippen LogP) is 6.87. The Bertz CT molecular complexity index is 783. The summed E-state index contributed by atoms with van der Waals surface area (Å²) in [6.45, 7) is 8.57. The van der Waals surface area contributed by atoms with Gasteiger partial charge in [0, 0.05) is 13.2 Å². The number of rotatable bonds is 18. The number of carbonyl (C=O) groups is 1. The first-order chi connectivity index (χ1) is 16.7. The first kappa shape index (κ1) is 28.1. The SMILES string of the molecule is CCCCCCc1ccc(OC(=O)c2ccc(OCCC[SiH](OCCC)OCCC)cc2)cc1.